The van der Waals surface area contributed by atoms with Gasteiger partial charge >= 0.3 is 0 Å². The van der Waals surface area contributed by atoms with Crippen LogP contribution in [0.3, 0.4) is 0 Å². The highest BCUT2D eigenvalue weighted by atomic mass is 79.9. The molecule has 116 valence electrons. The lowest BCUT2D eigenvalue weighted by Gasteiger charge is -1.91. The summed E-state index contributed by atoms with van der Waals surface area (Å²) in [6.07, 6.45) is 7.96. The molecule has 0 aliphatic carbocycles. The van der Waals surface area contributed by atoms with Crippen LogP contribution in [0.2, 0.25) is 0 Å². The molecule has 0 saturated heterocycles. The van der Waals surface area contributed by atoms with Crippen LogP contribution in [0, 0.1) is 0 Å². The van der Waals surface area contributed by atoms with Crippen molar-refractivity contribution < 1.29 is 4.79 Å². The molecule has 0 saturated carbocycles. The molecule has 0 aromatic carbocycles. The van der Waals surface area contributed by atoms with Gasteiger partial charge in [0.25, 0.3) is 0 Å². The van der Waals surface area contributed by atoms with Crippen molar-refractivity contribution in [2.45, 2.75) is 0 Å². The lowest BCUT2D eigenvalue weighted by molar-refractivity contribution is -0.105. The van der Waals surface area contributed by atoms with Crippen LogP contribution >= 0.6 is 43.5 Å². The number of halogens is 3. The minimum Gasteiger partial charge on any atom is -0.384 e. The first-order chi connectivity index (χ1) is 10.6. The molecule has 5 nitrogen and oxygen atoms in total. The van der Waals surface area contributed by atoms with E-state index >= 15 is 0 Å². The highest BCUT2D eigenvalue weighted by Crippen LogP contribution is 2.11. The third kappa shape index (κ3) is 7.02. The van der Waals surface area contributed by atoms with Crippen LogP contribution in [0.25, 0.3) is 5.65 Å². The van der Waals surface area contributed by atoms with Crippen molar-refractivity contribution in [3.8, 4) is 0 Å². The molecule has 0 atom stereocenters. The number of nitrogen functional groups attached to an aromatic ring is 1. The van der Waals surface area contributed by atoms with Crippen LogP contribution in [0.4, 0.5) is 5.82 Å². The number of carbonyl (C=O) groups excluding carboxylic acids is 1. The molecular formula is C14H13Br2ClN4O. The molecule has 0 aliphatic heterocycles. The lowest BCUT2D eigenvalue weighted by Crippen LogP contribution is -1.86. The molecule has 0 amide bonds. The van der Waals surface area contributed by atoms with E-state index in [0.29, 0.717) is 12.1 Å². The Labute approximate surface area is 149 Å². The van der Waals surface area contributed by atoms with E-state index in [2.05, 4.69) is 41.8 Å². The van der Waals surface area contributed by atoms with Gasteiger partial charge in [-0.15, -0.1) is 11.6 Å². The monoisotopic (exact) mass is 446 g/mol. The van der Waals surface area contributed by atoms with Gasteiger partial charge in [-0.25, -0.2) is 9.97 Å². The second-order valence-corrected chi connectivity index (χ2v) is 5.90. The molecule has 8 heteroatoms. The number of nitrogens with zero attached hydrogens (tertiary/aromatic N) is 3. The number of anilines is 1. The van der Waals surface area contributed by atoms with Crippen molar-refractivity contribution >= 4 is 61.2 Å². The van der Waals surface area contributed by atoms with Gasteiger partial charge in [-0.05, 0) is 24.3 Å². The van der Waals surface area contributed by atoms with Crippen molar-refractivity contribution in [2.24, 2.45) is 0 Å². The summed E-state index contributed by atoms with van der Waals surface area (Å²) in [5.41, 5.74) is 6.28. The van der Waals surface area contributed by atoms with E-state index in [0.717, 1.165) is 14.6 Å². The maximum atomic E-state index is 9.04. The van der Waals surface area contributed by atoms with Crippen molar-refractivity contribution in [1.82, 2.24) is 14.4 Å². The molecule has 22 heavy (non-hydrogen) atoms. The number of hydrogen-bond donors (Lipinski definition) is 1. The number of fused-ring (bicyclic) bond motifs is 1. The van der Waals surface area contributed by atoms with E-state index in [9.17, 15) is 0 Å². The standard InChI is InChI=1S/C7H5BrN2.C5H5BrN2.C2H3ClO/c8-6-1-3-10-4-2-9-7(10)5-6;6-4-1-2-8-5(7)3-4;3-1-2-4/h1-5H;1-3H,(H2,7,8);2H,1H2. The molecule has 3 heterocycles. The van der Waals surface area contributed by atoms with Gasteiger partial charge in [-0.1, -0.05) is 31.9 Å². The molecule has 0 bridgehead atoms. The molecule has 0 aliphatic rings. The summed E-state index contributed by atoms with van der Waals surface area (Å²) in [5, 5.41) is 0. The maximum absolute atomic E-state index is 9.04. The van der Waals surface area contributed by atoms with E-state index < -0.39 is 0 Å². The molecule has 3 aromatic heterocycles. The number of imidazole rings is 1. The molecule has 3 aromatic rings. The molecule has 0 spiro atoms. The largest absolute Gasteiger partial charge is 0.384 e. The topological polar surface area (TPSA) is 73.3 Å². The minimum atomic E-state index is 0.111. The fourth-order valence-corrected chi connectivity index (χ4v) is 1.98. The van der Waals surface area contributed by atoms with Gasteiger partial charge in [0, 0.05) is 33.7 Å². The van der Waals surface area contributed by atoms with Gasteiger partial charge in [0.15, 0.2) is 0 Å². The third-order valence-corrected chi connectivity index (χ3v) is 3.28. The number of hydrogen-bond acceptors (Lipinski definition) is 4. The van der Waals surface area contributed by atoms with Crippen LogP contribution in [0.1, 0.15) is 0 Å². The Hall–Kier alpha value is -1.44. The summed E-state index contributed by atoms with van der Waals surface area (Å²) in [4.78, 5) is 16.9. The van der Waals surface area contributed by atoms with Gasteiger partial charge in [-0.2, -0.15) is 0 Å². The zero-order valence-electron chi connectivity index (χ0n) is 11.4. The Balaban J connectivity index is 0.000000182. The predicted octanol–water partition coefficient (Wildman–Crippen LogP) is 3.95. The van der Waals surface area contributed by atoms with Crippen LogP contribution in [0.5, 0.6) is 0 Å². The smallest absolute Gasteiger partial charge is 0.137 e. The van der Waals surface area contributed by atoms with Gasteiger partial charge in [0.1, 0.15) is 17.8 Å². The quantitative estimate of drug-likeness (QED) is 0.452. The average Bonchev–Trinajstić information content (AvgIpc) is 2.95. The summed E-state index contributed by atoms with van der Waals surface area (Å²) in [6, 6.07) is 7.53. The summed E-state index contributed by atoms with van der Waals surface area (Å²) >= 11 is 11.4. The summed E-state index contributed by atoms with van der Waals surface area (Å²) in [7, 11) is 0. The molecule has 0 unspecified atom stereocenters. The number of aldehydes is 1. The first-order valence-electron chi connectivity index (χ1n) is 6.01. The number of nitrogens with two attached hydrogens (primary N) is 1. The molecule has 0 radical (unpaired) electrons. The zero-order valence-corrected chi connectivity index (χ0v) is 15.3. The van der Waals surface area contributed by atoms with Crippen LogP contribution in [0.15, 0.2) is 58.0 Å². The Kier molecular flexibility index (Phi) is 8.72. The molecular weight excluding hydrogens is 435 g/mol. The number of alkyl halides is 1. The number of rotatable bonds is 1. The number of pyridine rings is 2. The van der Waals surface area contributed by atoms with E-state index in [4.69, 9.17) is 22.1 Å². The van der Waals surface area contributed by atoms with E-state index in [1.807, 2.05) is 35.0 Å². The Bertz CT molecular complexity index is 703. The van der Waals surface area contributed by atoms with Crippen LogP contribution in [-0.2, 0) is 4.79 Å². The number of aromatic nitrogens is 3. The van der Waals surface area contributed by atoms with E-state index in [1.165, 1.54) is 0 Å². The van der Waals surface area contributed by atoms with Crippen molar-refractivity contribution in [3.63, 3.8) is 0 Å². The first-order valence-corrected chi connectivity index (χ1v) is 8.13. The normalized spacial score (nSPS) is 9.23. The predicted molar refractivity (Wildman–Crippen MR) is 96.0 cm³/mol. The van der Waals surface area contributed by atoms with Crippen molar-refractivity contribution in [2.75, 3.05) is 11.6 Å². The zero-order chi connectivity index (χ0) is 16.4. The second kappa shape index (κ2) is 10.3. The molecule has 0 fully saturated rings. The Morgan fingerprint density at radius 3 is 2.36 bits per heavy atom. The van der Waals surface area contributed by atoms with Crippen molar-refractivity contribution in [1.29, 1.82) is 0 Å². The SMILES string of the molecule is Brc1ccn2ccnc2c1.Nc1cc(Br)ccn1.O=CCCl. The summed E-state index contributed by atoms with van der Waals surface area (Å²) in [5.74, 6) is 0.652. The van der Waals surface area contributed by atoms with Gasteiger partial charge in [0.05, 0.1) is 5.88 Å². The second-order valence-electron chi connectivity index (χ2n) is 3.76. The summed E-state index contributed by atoms with van der Waals surface area (Å²) in [6.45, 7) is 0. The van der Waals surface area contributed by atoms with Gasteiger partial charge < -0.3 is 14.9 Å². The van der Waals surface area contributed by atoms with Gasteiger partial charge in [0.2, 0.25) is 0 Å². The Morgan fingerprint density at radius 1 is 1.14 bits per heavy atom. The highest BCUT2D eigenvalue weighted by Gasteiger charge is 1.91. The summed E-state index contributed by atoms with van der Waals surface area (Å²) < 4.78 is 3.99. The van der Waals surface area contributed by atoms with E-state index in [-0.39, 0.29) is 5.88 Å². The lowest BCUT2D eigenvalue weighted by atomic mass is 10.5. The Morgan fingerprint density at radius 2 is 1.82 bits per heavy atom. The van der Waals surface area contributed by atoms with Crippen LogP contribution < -0.4 is 5.73 Å². The van der Waals surface area contributed by atoms with E-state index in [1.54, 1.807) is 18.5 Å². The molecule has 3 rings (SSSR count). The first kappa shape index (κ1) is 18.6. The van der Waals surface area contributed by atoms with Gasteiger partial charge in [-0.3, -0.25) is 0 Å². The molecule has 2 N–H and O–H groups in total. The fourth-order valence-electron chi connectivity index (χ4n) is 1.31. The van der Waals surface area contributed by atoms with Crippen LogP contribution in [-0.4, -0.2) is 26.5 Å². The average molecular weight is 449 g/mol. The van der Waals surface area contributed by atoms with Crippen molar-refractivity contribution in [3.05, 3.63) is 58.0 Å². The number of carbonyl (C=O) groups is 1. The highest BCUT2D eigenvalue weighted by molar-refractivity contribution is 9.10. The third-order valence-electron chi connectivity index (χ3n) is 2.17. The minimum absolute atomic E-state index is 0.111. The fraction of sp³-hybridized carbons (Fsp3) is 0.0714. The maximum Gasteiger partial charge on any atom is 0.137 e.